The molecule has 7 nitrogen and oxygen atoms in total. The van der Waals surface area contributed by atoms with Gasteiger partial charge >= 0.3 is 6.18 Å². The summed E-state index contributed by atoms with van der Waals surface area (Å²) >= 11 is 0. The summed E-state index contributed by atoms with van der Waals surface area (Å²) in [6.45, 7) is 1.48. The first-order valence-corrected chi connectivity index (χ1v) is 9.30. The SMILES string of the molecule is CC(C(=O)Nc1c(C#N)cnn1-c1ccccc1)n1nc(C(F)(F)F)cc1C1CC1. The van der Waals surface area contributed by atoms with Crippen molar-refractivity contribution in [2.24, 2.45) is 0 Å². The summed E-state index contributed by atoms with van der Waals surface area (Å²) in [6, 6.07) is 10.8. The highest BCUT2D eigenvalue weighted by atomic mass is 19.4. The van der Waals surface area contributed by atoms with Gasteiger partial charge in [0.25, 0.3) is 0 Å². The normalized spacial score (nSPS) is 14.9. The number of hydrogen-bond acceptors (Lipinski definition) is 4. The standard InChI is InChI=1S/C20H17F3N6O/c1-12(28-16(13-7-8-13)9-17(27-28)20(21,22)23)19(30)26-18-14(10-24)11-25-29(18)15-5-3-2-4-6-15/h2-6,9,11-13H,7-8H2,1H3,(H,26,30). The number of carbonyl (C=O) groups excluding carboxylic acids is 1. The van der Waals surface area contributed by atoms with Crippen LogP contribution in [-0.2, 0) is 11.0 Å². The summed E-state index contributed by atoms with van der Waals surface area (Å²) in [5, 5.41) is 19.8. The molecule has 0 bridgehead atoms. The summed E-state index contributed by atoms with van der Waals surface area (Å²) in [5.41, 5.74) is 0.135. The number of benzene rings is 1. The van der Waals surface area contributed by atoms with Gasteiger partial charge in [-0.3, -0.25) is 9.48 Å². The Kier molecular flexibility index (Phi) is 4.81. The fraction of sp³-hybridized carbons (Fsp3) is 0.300. The number of alkyl halides is 3. The van der Waals surface area contributed by atoms with Gasteiger partial charge in [-0.15, -0.1) is 0 Å². The van der Waals surface area contributed by atoms with Crippen molar-refractivity contribution in [1.82, 2.24) is 19.6 Å². The van der Waals surface area contributed by atoms with Crippen LogP contribution in [0.3, 0.4) is 0 Å². The van der Waals surface area contributed by atoms with E-state index in [0.29, 0.717) is 11.4 Å². The number of amides is 1. The van der Waals surface area contributed by atoms with Crippen LogP contribution in [0.15, 0.2) is 42.6 Å². The van der Waals surface area contributed by atoms with Gasteiger partial charge in [-0.05, 0) is 38.0 Å². The zero-order valence-corrected chi connectivity index (χ0v) is 15.9. The van der Waals surface area contributed by atoms with E-state index in [4.69, 9.17) is 0 Å². The molecule has 0 spiro atoms. The van der Waals surface area contributed by atoms with Crippen LogP contribution in [0.1, 0.15) is 48.7 Å². The van der Waals surface area contributed by atoms with E-state index in [-0.39, 0.29) is 17.3 Å². The Morgan fingerprint density at radius 3 is 2.60 bits per heavy atom. The minimum atomic E-state index is -4.59. The molecule has 3 aromatic rings. The van der Waals surface area contributed by atoms with Gasteiger partial charge in [0.1, 0.15) is 17.7 Å². The van der Waals surface area contributed by atoms with E-state index >= 15 is 0 Å². The van der Waals surface area contributed by atoms with Crippen molar-refractivity contribution in [3.8, 4) is 11.8 Å². The molecule has 1 amide bonds. The lowest BCUT2D eigenvalue weighted by Gasteiger charge is -2.16. The number of nitrogens with zero attached hydrogens (tertiary/aromatic N) is 5. The Hall–Kier alpha value is -3.61. The maximum atomic E-state index is 13.2. The molecule has 1 fully saturated rings. The topological polar surface area (TPSA) is 88.5 Å². The number of anilines is 1. The lowest BCUT2D eigenvalue weighted by Crippen LogP contribution is -2.27. The minimum absolute atomic E-state index is 0.0339. The van der Waals surface area contributed by atoms with E-state index in [1.807, 2.05) is 12.1 Å². The minimum Gasteiger partial charge on any atom is -0.308 e. The Balaban J connectivity index is 1.65. The maximum Gasteiger partial charge on any atom is 0.435 e. The lowest BCUT2D eigenvalue weighted by atomic mass is 10.2. The Morgan fingerprint density at radius 1 is 1.30 bits per heavy atom. The van der Waals surface area contributed by atoms with Crippen LogP contribution in [0.5, 0.6) is 0 Å². The van der Waals surface area contributed by atoms with Gasteiger partial charge < -0.3 is 5.32 Å². The van der Waals surface area contributed by atoms with E-state index in [1.54, 1.807) is 24.3 Å². The fourth-order valence-corrected chi connectivity index (χ4v) is 3.19. The van der Waals surface area contributed by atoms with E-state index in [2.05, 4.69) is 15.5 Å². The summed E-state index contributed by atoms with van der Waals surface area (Å²) in [6.07, 6.45) is -1.75. The smallest absolute Gasteiger partial charge is 0.308 e. The number of carbonyl (C=O) groups is 1. The van der Waals surface area contributed by atoms with Crippen LogP contribution in [0.2, 0.25) is 0 Å². The average Bonchev–Trinajstić information content (AvgIpc) is 3.33. The second kappa shape index (κ2) is 7.33. The van der Waals surface area contributed by atoms with Crippen molar-refractivity contribution in [2.75, 3.05) is 5.32 Å². The van der Waals surface area contributed by atoms with Crippen LogP contribution in [0.4, 0.5) is 19.0 Å². The number of para-hydroxylation sites is 1. The van der Waals surface area contributed by atoms with Crippen molar-refractivity contribution in [3.63, 3.8) is 0 Å². The number of rotatable bonds is 5. The molecule has 30 heavy (non-hydrogen) atoms. The molecule has 1 unspecified atom stereocenters. The molecule has 10 heteroatoms. The van der Waals surface area contributed by atoms with E-state index in [0.717, 1.165) is 23.6 Å². The summed E-state index contributed by atoms with van der Waals surface area (Å²) in [7, 11) is 0. The van der Waals surface area contributed by atoms with Crippen molar-refractivity contribution in [2.45, 2.75) is 37.9 Å². The van der Waals surface area contributed by atoms with Crippen LogP contribution in [0.25, 0.3) is 5.69 Å². The molecular weight excluding hydrogens is 397 g/mol. The Morgan fingerprint density at radius 2 is 2.00 bits per heavy atom. The van der Waals surface area contributed by atoms with Crippen molar-refractivity contribution < 1.29 is 18.0 Å². The lowest BCUT2D eigenvalue weighted by molar-refractivity contribution is -0.141. The molecule has 4 rings (SSSR count). The predicted molar refractivity (Wildman–Crippen MR) is 101 cm³/mol. The average molecular weight is 414 g/mol. The monoisotopic (exact) mass is 414 g/mol. The molecular formula is C20H17F3N6O. The van der Waals surface area contributed by atoms with Gasteiger partial charge in [0, 0.05) is 11.6 Å². The van der Waals surface area contributed by atoms with Crippen molar-refractivity contribution in [3.05, 3.63) is 59.5 Å². The van der Waals surface area contributed by atoms with Crippen molar-refractivity contribution >= 4 is 11.7 Å². The summed E-state index contributed by atoms with van der Waals surface area (Å²) < 4.78 is 42.0. The molecule has 1 saturated carbocycles. The molecule has 154 valence electrons. The molecule has 1 aliphatic rings. The van der Waals surface area contributed by atoms with Gasteiger partial charge in [-0.1, -0.05) is 18.2 Å². The zero-order valence-electron chi connectivity index (χ0n) is 15.9. The number of halogens is 3. The first-order valence-electron chi connectivity index (χ1n) is 9.30. The maximum absolute atomic E-state index is 13.2. The molecule has 1 N–H and O–H groups in total. The molecule has 0 saturated heterocycles. The molecule has 0 aliphatic heterocycles. The first-order chi connectivity index (χ1) is 14.3. The van der Waals surface area contributed by atoms with E-state index in [9.17, 15) is 23.2 Å². The van der Waals surface area contributed by atoms with E-state index in [1.165, 1.54) is 17.8 Å². The third-order valence-corrected chi connectivity index (χ3v) is 4.93. The van der Waals surface area contributed by atoms with Crippen molar-refractivity contribution in [1.29, 1.82) is 5.26 Å². The molecule has 1 aromatic carbocycles. The van der Waals surface area contributed by atoms with E-state index < -0.39 is 23.8 Å². The highest BCUT2D eigenvalue weighted by Gasteiger charge is 2.39. The number of nitrogens with one attached hydrogen (secondary N) is 1. The summed E-state index contributed by atoms with van der Waals surface area (Å²) in [4.78, 5) is 12.9. The molecule has 2 heterocycles. The number of aromatic nitrogens is 4. The first kappa shape index (κ1) is 19.7. The third-order valence-electron chi connectivity index (χ3n) is 4.93. The van der Waals surface area contributed by atoms with Gasteiger partial charge in [-0.25, -0.2) is 4.68 Å². The van der Waals surface area contributed by atoms with Crippen LogP contribution < -0.4 is 5.32 Å². The fourth-order valence-electron chi connectivity index (χ4n) is 3.19. The Labute approximate surface area is 169 Å². The van der Waals surface area contributed by atoms with Crippen LogP contribution in [0, 0.1) is 11.3 Å². The van der Waals surface area contributed by atoms with Gasteiger partial charge in [-0.2, -0.15) is 28.6 Å². The number of hydrogen-bond donors (Lipinski definition) is 1. The summed E-state index contributed by atoms with van der Waals surface area (Å²) in [5.74, 6) is -0.479. The zero-order chi connectivity index (χ0) is 21.5. The quantitative estimate of drug-likeness (QED) is 0.683. The second-order valence-corrected chi connectivity index (χ2v) is 7.10. The molecule has 2 aromatic heterocycles. The predicted octanol–water partition coefficient (Wildman–Crippen LogP) is 4.04. The van der Waals surface area contributed by atoms with Crippen LogP contribution in [-0.4, -0.2) is 25.5 Å². The highest BCUT2D eigenvalue weighted by molar-refractivity contribution is 5.94. The second-order valence-electron chi connectivity index (χ2n) is 7.10. The number of nitriles is 1. The van der Waals surface area contributed by atoms with Gasteiger partial charge in [0.05, 0.1) is 11.9 Å². The molecule has 1 aliphatic carbocycles. The molecule has 0 radical (unpaired) electrons. The van der Waals surface area contributed by atoms with Crippen LogP contribution >= 0.6 is 0 Å². The molecule has 1 atom stereocenters. The Bertz CT molecular complexity index is 1120. The van der Waals surface area contributed by atoms with Gasteiger partial charge in [0.15, 0.2) is 11.5 Å². The van der Waals surface area contributed by atoms with Gasteiger partial charge in [0.2, 0.25) is 5.91 Å². The largest absolute Gasteiger partial charge is 0.435 e. The third kappa shape index (κ3) is 3.66. The highest BCUT2D eigenvalue weighted by Crippen LogP contribution is 2.43.